The van der Waals surface area contributed by atoms with Gasteiger partial charge in [-0.05, 0) is 25.8 Å². The molecule has 0 bridgehead atoms. The lowest BCUT2D eigenvalue weighted by atomic mass is 10.1. The van der Waals surface area contributed by atoms with Crippen molar-refractivity contribution in [1.82, 2.24) is 5.32 Å². The number of halogens is 1. The number of nitro groups is 1. The number of methoxy groups -OCH3 is 1. The van der Waals surface area contributed by atoms with Crippen LogP contribution in [-0.2, 0) is 0 Å². The Morgan fingerprint density at radius 1 is 1.55 bits per heavy atom. The first-order valence-electron chi connectivity index (χ1n) is 6.18. The Morgan fingerprint density at radius 3 is 2.80 bits per heavy atom. The number of nitro benzene ring substituents is 1. The highest BCUT2D eigenvalue weighted by Crippen LogP contribution is 2.27. The largest absolute Gasteiger partial charge is 0.490 e. The third-order valence-corrected chi connectivity index (χ3v) is 3.35. The van der Waals surface area contributed by atoms with E-state index in [1.54, 1.807) is 0 Å². The van der Waals surface area contributed by atoms with E-state index in [4.69, 9.17) is 4.74 Å². The van der Waals surface area contributed by atoms with Crippen molar-refractivity contribution in [3.05, 3.63) is 33.9 Å². The maximum atomic E-state index is 12.0. The van der Waals surface area contributed by atoms with Crippen molar-refractivity contribution in [1.29, 1.82) is 0 Å². The smallest absolute Gasteiger partial charge is 0.310 e. The summed E-state index contributed by atoms with van der Waals surface area (Å²) in [5.74, 6) is -0.184. The van der Waals surface area contributed by atoms with Crippen LogP contribution in [0.25, 0.3) is 0 Å². The van der Waals surface area contributed by atoms with Crippen LogP contribution >= 0.6 is 15.9 Å². The third kappa shape index (κ3) is 4.48. The molecule has 0 aromatic heterocycles. The number of amides is 1. The summed E-state index contributed by atoms with van der Waals surface area (Å²) >= 11 is 3.34. The van der Waals surface area contributed by atoms with Gasteiger partial charge in [-0.2, -0.15) is 0 Å². The molecule has 0 aliphatic heterocycles. The quantitative estimate of drug-likeness (QED) is 0.468. The van der Waals surface area contributed by atoms with Gasteiger partial charge < -0.3 is 10.1 Å². The van der Waals surface area contributed by atoms with Gasteiger partial charge in [0.15, 0.2) is 5.75 Å². The van der Waals surface area contributed by atoms with Crippen molar-refractivity contribution in [2.24, 2.45) is 0 Å². The van der Waals surface area contributed by atoms with E-state index in [0.29, 0.717) is 5.56 Å². The van der Waals surface area contributed by atoms with Crippen LogP contribution in [0.4, 0.5) is 5.69 Å². The average molecular weight is 345 g/mol. The maximum absolute atomic E-state index is 12.0. The number of carbonyl (C=O) groups excluding carboxylic acids is 1. The molecule has 0 radical (unpaired) electrons. The summed E-state index contributed by atoms with van der Waals surface area (Å²) in [5, 5.41) is 14.5. The van der Waals surface area contributed by atoms with Gasteiger partial charge in [-0.25, -0.2) is 0 Å². The standard InChI is InChI=1S/C13H17BrN2O4/c1-9(4-3-7-14)15-13(17)10-5-6-11(16(18)19)12(8-10)20-2/h5-6,8-9H,3-4,7H2,1-2H3,(H,15,17). The van der Waals surface area contributed by atoms with Crippen molar-refractivity contribution in [2.45, 2.75) is 25.8 Å². The van der Waals surface area contributed by atoms with Crippen LogP contribution in [-0.4, -0.2) is 29.3 Å². The fraction of sp³-hybridized carbons (Fsp3) is 0.462. The molecule has 110 valence electrons. The molecule has 0 fully saturated rings. The number of nitrogens with zero attached hydrogens (tertiary/aromatic N) is 1. The third-order valence-electron chi connectivity index (χ3n) is 2.79. The van der Waals surface area contributed by atoms with Crippen LogP contribution in [0.3, 0.4) is 0 Å². The summed E-state index contributed by atoms with van der Waals surface area (Å²) in [5.41, 5.74) is 0.189. The Morgan fingerprint density at radius 2 is 2.25 bits per heavy atom. The Bertz CT molecular complexity index is 493. The van der Waals surface area contributed by atoms with Gasteiger partial charge in [-0.1, -0.05) is 15.9 Å². The SMILES string of the molecule is COc1cc(C(=O)NC(C)CCCBr)ccc1[N+](=O)[O-]. The molecule has 6 nitrogen and oxygen atoms in total. The van der Waals surface area contributed by atoms with E-state index in [9.17, 15) is 14.9 Å². The normalized spacial score (nSPS) is 11.8. The minimum atomic E-state index is -0.543. The van der Waals surface area contributed by atoms with Gasteiger partial charge in [0.1, 0.15) is 0 Å². The topological polar surface area (TPSA) is 81.5 Å². The second-order valence-corrected chi connectivity index (χ2v) is 5.14. The molecule has 1 rings (SSSR count). The molecule has 0 saturated carbocycles. The van der Waals surface area contributed by atoms with Gasteiger partial charge in [0.25, 0.3) is 5.91 Å². The van der Waals surface area contributed by atoms with E-state index < -0.39 is 4.92 Å². The first-order valence-corrected chi connectivity index (χ1v) is 7.31. The van der Waals surface area contributed by atoms with Crippen LogP contribution in [0, 0.1) is 10.1 Å². The predicted molar refractivity (Wildman–Crippen MR) is 79.6 cm³/mol. The summed E-state index contributed by atoms with van der Waals surface area (Å²) in [6, 6.07) is 4.12. The van der Waals surface area contributed by atoms with Crippen molar-refractivity contribution < 1.29 is 14.5 Å². The zero-order valence-electron chi connectivity index (χ0n) is 11.4. The molecule has 7 heteroatoms. The van der Waals surface area contributed by atoms with Crippen molar-refractivity contribution >= 4 is 27.5 Å². The van der Waals surface area contributed by atoms with Crippen LogP contribution in [0.5, 0.6) is 5.75 Å². The van der Waals surface area contributed by atoms with Gasteiger partial charge in [0.05, 0.1) is 12.0 Å². The van der Waals surface area contributed by atoms with E-state index in [0.717, 1.165) is 18.2 Å². The minimum absolute atomic E-state index is 0.0428. The number of ether oxygens (including phenoxy) is 1. The monoisotopic (exact) mass is 344 g/mol. The van der Waals surface area contributed by atoms with Crippen LogP contribution < -0.4 is 10.1 Å². The Kier molecular flexibility index (Phi) is 6.44. The summed E-state index contributed by atoms with van der Waals surface area (Å²) in [4.78, 5) is 22.3. The maximum Gasteiger partial charge on any atom is 0.310 e. The highest BCUT2D eigenvalue weighted by molar-refractivity contribution is 9.09. The van der Waals surface area contributed by atoms with Crippen LogP contribution in [0.2, 0.25) is 0 Å². The van der Waals surface area contributed by atoms with Crippen LogP contribution in [0.1, 0.15) is 30.1 Å². The van der Waals surface area contributed by atoms with Gasteiger partial charge in [0, 0.05) is 29.1 Å². The molecule has 0 heterocycles. The number of hydrogen-bond donors (Lipinski definition) is 1. The van der Waals surface area contributed by atoms with Gasteiger partial charge in [-0.3, -0.25) is 14.9 Å². The Labute approximate surface area is 125 Å². The Balaban J connectivity index is 2.81. The molecule has 1 aromatic carbocycles. The van der Waals surface area contributed by atoms with Gasteiger partial charge in [-0.15, -0.1) is 0 Å². The van der Waals surface area contributed by atoms with E-state index in [-0.39, 0.29) is 23.4 Å². The fourth-order valence-electron chi connectivity index (χ4n) is 1.73. The number of alkyl halides is 1. The molecule has 0 saturated heterocycles. The van der Waals surface area contributed by atoms with E-state index >= 15 is 0 Å². The highest BCUT2D eigenvalue weighted by atomic mass is 79.9. The number of benzene rings is 1. The highest BCUT2D eigenvalue weighted by Gasteiger charge is 2.18. The summed E-state index contributed by atoms with van der Waals surface area (Å²) in [6.07, 6.45) is 1.83. The molecule has 1 amide bonds. The van der Waals surface area contributed by atoms with E-state index in [1.807, 2.05) is 6.92 Å². The molecular formula is C13H17BrN2O4. The van der Waals surface area contributed by atoms with Gasteiger partial charge >= 0.3 is 5.69 Å². The van der Waals surface area contributed by atoms with Crippen LogP contribution in [0.15, 0.2) is 18.2 Å². The lowest BCUT2D eigenvalue weighted by Gasteiger charge is -2.13. The molecule has 0 aliphatic rings. The van der Waals surface area contributed by atoms with E-state index in [2.05, 4.69) is 21.2 Å². The molecule has 0 spiro atoms. The van der Waals surface area contributed by atoms with Gasteiger partial charge in [0.2, 0.25) is 0 Å². The first-order chi connectivity index (χ1) is 9.49. The second-order valence-electron chi connectivity index (χ2n) is 4.35. The molecule has 20 heavy (non-hydrogen) atoms. The first kappa shape index (κ1) is 16.4. The number of carbonyl (C=O) groups is 1. The zero-order valence-corrected chi connectivity index (χ0v) is 13.0. The number of hydrogen-bond acceptors (Lipinski definition) is 4. The number of rotatable bonds is 7. The molecular weight excluding hydrogens is 328 g/mol. The van der Waals surface area contributed by atoms with Crippen molar-refractivity contribution in [3.63, 3.8) is 0 Å². The zero-order chi connectivity index (χ0) is 15.1. The summed E-state index contributed by atoms with van der Waals surface area (Å²) in [7, 11) is 1.34. The van der Waals surface area contributed by atoms with E-state index in [1.165, 1.54) is 25.3 Å². The molecule has 1 N–H and O–H groups in total. The van der Waals surface area contributed by atoms with Crippen molar-refractivity contribution in [2.75, 3.05) is 12.4 Å². The molecule has 0 aliphatic carbocycles. The molecule has 1 unspecified atom stereocenters. The average Bonchev–Trinajstić information content (AvgIpc) is 2.44. The second kappa shape index (κ2) is 7.84. The molecule has 1 aromatic rings. The minimum Gasteiger partial charge on any atom is -0.490 e. The fourth-order valence-corrected chi connectivity index (χ4v) is 2.06. The lowest BCUT2D eigenvalue weighted by molar-refractivity contribution is -0.385. The molecule has 1 atom stereocenters. The predicted octanol–water partition coefficient (Wildman–Crippen LogP) is 2.90. The van der Waals surface area contributed by atoms with Crippen molar-refractivity contribution in [3.8, 4) is 5.75 Å². The lowest BCUT2D eigenvalue weighted by Crippen LogP contribution is -2.32. The summed E-state index contributed by atoms with van der Waals surface area (Å²) < 4.78 is 4.94. The number of nitrogens with one attached hydrogen (secondary N) is 1. The Hall–Kier alpha value is -1.63. The summed E-state index contributed by atoms with van der Waals surface area (Å²) in [6.45, 7) is 1.92.